The second-order valence-corrected chi connectivity index (χ2v) is 6.44. The molecule has 0 fully saturated rings. The van der Waals surface area contributed by atoms with E-state index in [1.54, 1.807) is 11.3 Å². The average Bonchev–Trinajstić information content (AvgIpc) is 3.01. The molecular weight excluding hydrogens is 280 g/mol. The summed E-state index contributed by atoms with van der Waals surface area (Å²) < 4.78 is 0. The minimum Gasteiger partial charge on any atom is -0.293 e. The molecule has 3 nitrogen and oxygen atoms in total. The van der Waals surface area contributed by atoms with Crippen LogP contribution in [0.2, 0.25) is 0 Å². The summed E-state index contributed by atoms with van der Waals surface area (Å²) in [5.74, 6) is 0.425. The van der Waals surface area contributed by atoms with Gasteiger partial charge in [0.15, 0.2) is 0 Å². The number of nitrogens with one attached hydrogen (secondary N) is 1. The molecule has 0 saturated heterocycles. The maximum Gasteiger partial charge on any atom is 0.112 e. The fraction of sp³-hybridized carbons (Fsp3) is 0.471. The van der Waals surface area contributed by atoms with Crippen molar-refractivity contribution in [3.8, 4) is 0 Å². The van der Waals surface area contributed by atoms with E-state index in [-0.39, 0.29) is 12.1 Å². The molecule has 2 atom stereocenters. The molecule has 1 N–H and O–H groups in total. The SMILES string of the molecule is CCC[C@@H](ON[C@H](c1nccs1)C(C)C)c1ccccc1. The van der Waals surface area contributed by atoms with Crippen LogP contribution in [0.3, 0.4) is 0 Å². The van der Waals surface area contributed by atoms with Crippen LogP contribution in [0.5, 0.6) is 0 Å². The first-order chi connectivity index (χ1) is 10.2. The Labute approximate surface area is 131 Å². The summed E-state index contributed by atoms with van der Waals surface area (Å²) in [6.45, 7) is 6.54. The molecule has 2 aromatic rings. The van der Waals surface area contributed by atoms with Crippen LogP contribution in [0.15, 0.2) is 41.9 Å². The Bertz CT molecular complexity index is 499. The van der Waals surface area contributed by atoms with E-state index in [0.29, 0.717) is 5.92 Å². The Morgan fingerprint density at radius 2 is 2.00 bits per heavy atom. The summed E-state index contributed by atoms with van der Waals surface area (Å²) in [4.78, 5) is 10.4. The van der Waals surface area contributed by atoms with Crippen molar-refractivity contribution in [1.82, 2.24) is 10.5 Å². The van der Waals surface area contributed by atoms with Crippen molar-refractivity contribution in [2.24, 2.45) is 5.92 Å². The summed E-state index contributed by atoms with van der Waals surface area (Å²) in [5, 5.41) is 3.08. The minimum absolute atomic E-state index is 0.0809. The predicted octanol–water partition coefficient (Wildman–Crippen LogP) is 4.90. The molecule has 4 heteroatoms. The third kappa shape index (κ3) is 4.63. The molecule has 0 spiro atoms. The molecule has 1 aromatic heterocycles. The minimum atomic E-state index is 0.0809. The van der Waals surface area contributed by atoms with Crippen molar-refractivity contribution in [3.05, 3.63) is 52.5 Å². The quantitative estimate of drug-likeness (QED) is 0.704. The number of hydrogen-bond donors (Lipinski definition) is 1. The van der Waals surface area contributed by atoms with E-state index in [1.807, 2.05) is 17.6 Å². The van der Waals surface area contributed by atoms with Gasteiger partial charge in [-0.25, -0.2) is 4.98 Å². The Balaban J connectivity index is 2.03. The predicted molar refractivity (Wildman–Crippen MR) is 88.0 cm³/mol. The van der Waals surface area contributed by atoms with Gasteiger partial charge in [-0.05, 0) is 17.9 Å². The van der Waals surface area contributed by atoms with Crippen LogP contribution in [-0.2, 0) is 4.84 Å². The first-order valence-electron chi connectivity index (χ1n) is 7.57. The van der Waals surface area contributed by atoms with Gasteiger partial charge in [0.2, 0.25) is 0 Å². The van der Waals surface area contributed by atoms with Crippen LogP contribution in [0.25, 0.3) is 0 Å². The van der Waals surface area contributed by atoms with E-state index in [1.165, 1.54) is 5.56 Å². The Morgan fingerprint density at radius 3 is 2.57 bits per heavy atom. The number of hydroxylamine groups is 1. The van der Waals surface area contributed by atoms with Gasteiger partial charge in [0.1, 0.15) is 11.1 Å². The molecule has 0 amide bonds. The number of nitrogens with zero attached hydrogens (tertiary/aromatic N) is 1. The second kappa shape index (κ2) is 8.27. The third-order valence-corrected chi connectivity index (χ3v) is 4.30. The third-order valence-electron chi connectivity index (χ3n) is 3.44. The van der Waals surface area contributed by atoms with Gasteiger partial charge in [0, 0.05) is 11.6 Å². The maximum absolute atomic E-state index is 6.03. The monoisotopic (exact) mass is 304 g/mol. The molecule has 114 valence electrons. The summed E-state index contributed by atoms with van der Waals surface area (Å²) in [6, 6.07) is 10.5. The van der Waals surface area contributed by atoms with E-state index in [9.17, 15) is 0 Å². The molecule has 1 aromatic carbocycles. The Hall–Kier alpha value is -1.23. The van der Waals surface area contributed by atoms with E-state index in [4.69, 9.17) is 4.84 Å². The number of rotatable bonds is 8. The molecule has 0 aliphatic carbocycles. The van der Waals surface area contributed by atoms with Gasteiger partial charge < -0.3 is 0 Å². The first-order valence-corrected chi connectivity index (χ1v) is 8.45. The Kier molecular flexibility index (Phi) is 6.36. The van der Waals surface area contributed by atoms with Crippen LogP contribution < -0.4 is 5.48 Å². The summed E-state index contributed by atoms with van der Waals surface area (Å²) >= 11 is 1.67. The van der Waals surface area contributed by atoms with E-state index >= 15 is 0 Å². The highest BCUT2D eigenvalue weighted by Crippen LogP contribution is 2.27. The van der Waals surface area contributed by atoms with Crippen molar-refractivity contribution in [1.29, 1.82) is 0 Å². The fourth-order valence-electron chi connectivity index (χ4n) is 2.24. The number of hydrogen-bond acceptors (Lipinski definition) is 4. The second-order valence-electron chi connectivity index (χ2n) is 5.52. The molecule has 21 heavy (non-hydrogen) atoms. The zero-order valence-electron chi connectivity index (χ0n) is 13.0. The lowest BCUT2D eigenvalue weighted by molar-refractivity contribution is -0.0585. The van der Waals surface area contributed by atoms with Crippen LogP contribution >= 0.6 is 11.3 Å². The normalized spacial score (nSPS) is 14.3. The van der Waals surface area contributed by atoms with Crippen molar-refractivity contribution >= 4 is 11.3 Å². The molecule has 0 aliphatic heterocycles. The average molecular weight is 304 g/mol. The molecule has 2 rings (SSSR count). The van der Waals surface area contributed by atoms with Gasteiger partial charge in [0.25, 0.3) is 0 Å². The van der Waals surface area contributed by atoms with Gasteiger partial charge in [0.05, 0.1) is 6.04 Å². The van der Waals surface area contributed by atoms with Crippen molar-refractivity contribution in [2.75, 3.05) is 0 Å². The highest BCUT2D eigenvalue weighted by atomic mass is 32.1. The van der Waals surface area contributed by atoms with Gasteiger partial charge in [-0.3, -0.25) is 4.84 Å². The highest BCUT2D eigenvalue weighted by molar-refractivity contribution is 7.09. The maximum atomic E-state index is 6.03. The van der Waals surface area contributed by atoms with Gasteiger partial charge in [-0.15, -0.1) is 11.3 Å². The van der Waals surface area contributed by atoms with E-state index in [0.717, 1.165) is 17.8 Å². The molecule has 1 heterocycles. The molecule has 0 unspecified atom stereocenters. The van der Waals surface area contributed by atoms with Gasteiger partial charge in [-0.1, -0.05) is 57.5 Å². The molecule has 0 bridgehead atoms. The standard InChI is InChI=1S/C17H24N2OS/c1-4-8-15(14-9-6-5-7-10-14)20-19-16(13(2)3)17-18-11-12-21-17/h5-7,9-13,15-16,19H,4,8H2,1-3H3/t15-,16+/m1/s1. The zero-order chi connectivity index (χ0) is 15.1. The van der Waals surface area contributed by atoms with Crippen LogP contribution in [0.1, 0.15) is 56.3 Å². The lowest BCUT2D eigenvalue weighted by Crippen LogP contribution is -2.27. The summed E-state index contributed by atoms with van der Waals surface area (Å²) in [6.07, 6.45) is 4.01. The lowest BCUT2D eigenvalue weighted by atomic mass is 10.1. The molecule has 0 aliphatic rings. The van der Waals surface area contributed by atoms with E-state index in [2.05, 4.69) is 55.5 Å². The van der Waals surface area contributed by atoms with Crippen molar-refractivity contribution in [2.45, 2.75) is 45.8 Å². The van der Waals surface area contributed by atoms with Crippen LogP contribution in [0, 0.1) is 5.92 Å². The van der Waals surface area contributed by atoms with Gasteiger partial charge in [-0.2, -0.15) is 5.48 Å². The van der Waals surface area contributed by atoms with Crippen molar-refractivity contribution < 1.29 is 4.84 Å². The summed E-state index contributed by atoms with van der Waals surface area (Å²) in [5.41, 5.74) is 4.47. The molecule has 0 radical (unpaired) electrons. The highest BCUT2D eigenvalue weighted by Gasteiger charge is 2.20. The molecule has 0 saturated carbocycles. The van der Waals surface area contributed by atoms with Crippen LogP contribution in [-0.4, -0.2) is 4.98 Å². The molecular formula is C17H24N2OS. The Morgan fingerprint density at radius 1 is 1.24 bits per heavy atom. The first kappa shape index (κ1) is 16.1. The summed E-state index contributed by atoms with van der Waals surface area (Å²) in [7, 11) is 0. The smallest absolute Gasteiger partial charge is 0.112 e. The van der Waals surface area contributed by atoms with Crippen molar-refractivity contribution in [3.63, 3.8) is 0 Å². The topological polar surface area (TPSA) is 34.1 Å². The van der Waals surface area contributed by atoms with Crippen LogP contribution in [0.4, 0.5) is 0 Å². The zero-order valence-corrected chi connectivity index (χ0v) is 13.8. The number of thiazole rings is 1. The number of aromatic nitrogens is 1. The largest absolute Gasteiger partial charge is 0.293 e. The van der Waals surface area contributed by atoms with Gasteiger partial charge >= 0.3 is 0 Å². The lowest BCUT2D eigenvalue weighted by Gasteiger charge is -2.24. The van der Waals surface area contributed by atoms with E-state index < -0.39 is 0 Å². The number of benzene rings is 1. The fourth-order valence-corrected chi connectivity index (χ4v) is 3.09.